The Kier molecular flexibility index (Phi) is 4.04. The van der Waals surface area contributed by atoms with Crippen LogP contribution in [0.1, 0.15) is 70.0 Å². The summed E-state index contributed by atoms with van der Waals surface area (Å²) in [6.07, 6.45) is -3.44. The maximum absolute atomic E-state index is 14.4. The maximum atomic E-state index is 14.4. The van der Waals surface area contributed by atoms with Gasteiger partial charge < -0.3 is 5.11 Å². The number of alkyl halides is 3. The lowest BCUT2D eigenvalue weighted by molar-refractivity contribution is -0.0970. The van der Waals surface area contributed by atoms with E-state index >= 15 is 0 Å². The fourth-order valence-electron chi connectivity index (χ4n) is 4.55. The van der Waals surface area contributed by atoms with Gasteiger partial charge in [-0.05, 0) is 65.3 Å². The summed E-state index contributed by atoms with van der Waals surface area (Å²) < 4.78 is 56.7. The molecule has 2 aliphatic carbocycles. The first kappa shape index (κ1) is 18.0. The maximum Gasteiger partial charge on any atom is 0.281 e. The number of hydrogen-bond acceptors (Lipinski definition) is 2. The topological polar surface area (TPSA) is 44.0 Å². The van der Waals surface area contributed by atoms with Crippen LogP contribution in [0.5, 0.6) is 0 Å². The minimum atomic E-state index is -3.27. The third-order valence-corrected chi connectivity index (χ3v) is 5.76. The molecule has 4 rings (SSSR count). The number of nitrogens with zero attached hydrogens (tertiary/aromatic N) is 1. The number of hydrogen-bond donors (Lipinski definition) is 1. The zero-order valence-corrected chi connectivity index (χ0v) is 14.6. The standard InChI is InChI=1S/C21H17F4NO/c1-10-2-3-13(16-8-21(24,25)20(27)18(10)16)14-4-5-17(23)15-7-12(22)6-11(9-26)19(14)15/h2-3,6-7,14,17,20,27H,4-5,8H2,1H3/t14-,17+,20+/m1/s1. The Labute approximate surface area is 154 Å². The zero-order valence-electron chi connectivity index (χ0n) is 14.6. The average molecular weight is 375 g/mol. The summed E-state index contributed by atoms with van der Waals surface area (Å²) in [5.41, 5.74) is 2.20. The lowest BCUT2D eigenvalue weighted by Crippen LogP contribution is -2.22. The number of benzene rings is 2. The Hall–Kier alpha value is -2.39. The first-order valence-corrected chi connectivity index (χ1v) is 8.80. The fraction of sp³-hybridized carbons (Fsp3) is 0.381. The normalized spacial score (nSPS) is 25.6. The average Bonchev–Trinajstić information content (AvgIpc) is 2.86. The van der Waals surface area contributed by atoms with Gasteiger partial charge in [0.25, 0.3) is 5.92 Å². The molecule has 0 aromatic heterocycles. The van der Waals surface area contributed by atoms with Gasteiger partial charge in [0.05, 0.1) is 11.6 Å². The number of aryl methyl sites for hydroxylation is 1. The van der Waals surface area contributed by atoms with Crippen LogP contribution in [-0.2, 0) is 6.42 Å². The van der Waals surface area contributed by atoms with Crippen LogP contribution in [0.25, 0.3) is 0 Å². The monoisotopic (exact) mass is 375 g/mol. The lowest BCUT2D eigenvalue weighted by atomic mass is 9.74. The summed E-state index contributed by atoms with van der Waals surface area (Å²) in [6, 6.07) is 7.43. The van der Waals surface area contributed by atoms with Crippen molar-refractivity contribution in [3.05, 3.63) is 69.0 Å². The van der Waals surface area contributed by atoms with Crippen LogP contribution in [0.4, 0.5) is 17.6 Å². The van der Waals surface area contributed by atoms with Crippen molar-refractivity contribution in [1.82, 2.24) is 0 Å². The van der Waals surface area contributed by atoms with Crippen LogP contribution in [0.3, 0.4) is 0 Å². The molecular formula is C21H17F4NO. The summed E-state index contributed by atoms with van der Waals surface area (Å²) in [6.45, 7) is 1.66. The molecule has 2 aliphatic rings. The molecule has 0 bridgehead atoms. The highest BCUT2D eigenvalue weighted by Crippen LogP contribution is 2.51. The van der Waals surface area contributed by atoms with E-state index in [2.05, 4.69) is 0 Å². The van der Waals surface area contributed by atoms with Gasteiger partial charge in [-0.15, -0.1) is 0 Å². The molecule has 0 radical (unpaired) electrons. The predicted molar refractivity (Wildman–Crippen MR) is 90.8 cm³/mol. The van der Waals surface area contributed by atoms with E-state index in [4.69, 9.17) is 0 Å². The summed E-state index contributed by atoms with van der Waals surface area (Å²) in [4.78, 5) is 0. The van der Waals surface area contributed by atoms with Gasteiger partial charge in [-0.1, -0.05) is 12.1 Å². The van der Waals surface area contributed by atoms with Gasteiger partial charge in [0.1, 0.15) is 18.1 Å². The first-order valence-electron chi connectivity index (χ1n) is 8.80. The van der Waals surface area contributed by atoms with Crippen molar-refractivity contribution in [2.24, 2.45) is 0 Å². The second-order valence-electron chi connectivity index (χ2n) is 7.37. The number of aliphatic hydroxyl groups excluding tert-OH is 1. The second kappa shape index (κ2) is 6.07. The molecule has 140 valence electrons. The number of rotatable bonds is 1. The molecule has 6 heteroatoms. The summed E-state index contributed by atoms with van der Waals surface area (Å²) in [7, 11) is 0. The Morgan fingerprint density at radius 2 is 1.89 bits per heavy atom. The predicted octanol–water partition coefficient (Wildman–Crippen LogP) is 5.17. The van der Waals surface area contributed by atoms with Crippen molar-refractivity contribution >= 4 is 0 Å². The van der Waals surface area contributed by atoms with Crippen LogP contribution in [0.2, 0.25) is 0 Å². The fourth-order valence-corrected chi connectivity index (χ4v) is 4.55. The van der Waals surface area contributed by atoms with Crippen molar-refractivity contribution in [2.75, 3.05) is 0 Å². The molecule has 0 fully saturated rings. The van der Waals surface area contributed by atoms with E-state index in [0.29, 0.717) is 28.7 Å². The van der Waals surface area contributed by atoms with Crippen molar-refractivity contribution in [2.45, 2.75) is 50.3 Å². The Morgan fingerprint density at radius 1 is 1.15 bits per heavy atom. The third-order valence-electron chi connectivity index (χ3n) is 5.76. The Bertz CT molecular complexity index is 979. The number of nitriles is 1. The van der Waals surface area contributed by atoms with Crippen molar-refractivity contribution in [3.63, 3.8) is 0 Å². The highest BCUT2D eigenvalue weighted by atomic mass is 19.3. The van der Waals surface area contributed by atoms with Gasteiger partial charge in [0.2, 0.25) is 0 Å². The summed E-state index contributed by atoms with van der Waals surface area (Å²) in [5, 5.41) is 19.5. The largest absolute Gasteiger partial charge is 0.382 e. The third kappa shape index (κ3) is 2.64. The summed E-state index contributed by atoms with van der Waals surface area (Å²) in [5.74, 6) is -4.45. The molecule has 0 unspecified atom stereocenters. The van der Waals surface area contributed by atoms with Crippen LogP contribution in [0, 0.1) is 24.1 Å². The molecule has 0 heterocycles. The molecule has 0 aliphatic heterocycles. The molecule has 0 spiro atoms. The highest BCUT2D eigenvalue weighted by molar-refractivity contribution is 5.56. The molecular weight excluding hydrogens is 358 g/mol. The van der Waals surface area contributed by atoms with Gasteiger partial charge in [0, 0.05) is 12.3 Å². The van der Waals surface area contributed by atoms with E-state index in [-0.39, 0.29) is 23.1 Å². The van der Waals surface area contributed by atoms with E-state index in [1.807, 2.05) is 6.07 Å². The van der Waals surface area contributed by atoms with Crippen molar-refractivity contribution in [3.8, 4) is 6.07 Å². The zero-order chi connectivity index (χ0) is 19.5. The van der Waals surface area contributed by atoms with E-state index in [1.54, 1.807) is 19.1 Å². The van der Waals surface area contributed by atoms with Crippen molar-refractivity contribution in [1.29, 1.82) is 5.26 Å². The molecule has 2 aromatic carbocycles. The van der Waals surface area contributed by atoms with E-state index in [9.17, 15) is 27.9 Å². The van der Waals surface area contributed by atoms with E-state index in [1.165, 1.54) is 0 Å². The molecule has 2 aromatic rings. The molecule has 0 saturated carbocycles. The SMILES string of the molecule is Cc1ccc([C@H]2CC[C@H](F)c3cc(F)cc(C#N)c32)c2c1[C@H](O)C(F)(F)C2. The van der Waals surface area contributed by atoms with Crippen LogP contribution in [0.15, 0.2) is 24.3 Å². The first-order chi connectivity index (χ1) is 12.7. The highest BCUT2D eigenvalue weighted by Gasteiger charge is 2.49. The molecule has 27 heavy (non-hydrogen) atoms. The molecule has 0 saturated heterocycles. The van der Waals surface area contributed by atoms with Crippen molar-refractivity contribution < 1.29 is 22.7 Å². The summed E-state index contributed by atoms with van der Waals surface area (Å²) >= 11 is 0. The van der Waals surface area contributed by atoms with Gasteiger partial charge >= 0.3 is 0 Å². The number of aliphatic hydroxyl groups is 1. The van der Waals surface area contributed by atoms with E-state index in [0.717, 1.165) is 12.1 Å². The van der Waals surface area contributed by atoms with E-state index < -0.39 is 36.4 Å². The molecule has 0 amide bonds. The van der Waals surface area contributed by atoms with Crippen LogP contribution in [-0.4, -0.2) is 11.0 Å². The molecule has 2 nitrogen and oxygen atoms in total. The minimum Gasteiger partial charge on any atom is -0.382 e. The number of fused-ring (bicyclic) bond motifs is 2. The van der Waals surface area contributed by atoms with Crippen LogP contribution >= 0.6 is 0 Å². The molecule has 3 atom stereocenters. The van der Waals surface area contributed by atoms with Gasteiger partial charge in [-0.25, -0.2) is 17.6 Å². The van der Waals surface area contributed by atoms with Gasteiger partial charge in [-0.2, -0.15) is 5.26 Å². The lowest BCUT2D eigenvalue weighted by Gasteiger charge is -2.30. The van der Waals surface area contributed by atoms with Gasteiger partial charge in [-0.3, -0.25) is 0 Å². The number of halogens is 4. The smallest absolute Gasteiger partial charge is 0.281 e. The van der Waals surface area contributed by atoms with Crippen LogP contribution < -0.4 is 0 Å². The minimum absolute atomic E-state index is 0.0250. The Morgan fingerprint density at radius 3 is 2.59 bits per heavy atom. The Balaban J connectivity index is 1.94. The quantitative estimate of drug-likeness (QED) is 0.699. The second-order valence-corrected chi connectivity index (χ2v) is 7.37. The molecule has 1 N–H and O–H groups in total. The van der Waals surface area contributed by atoms with Gasteiger partial charge in [0.15, 0.2) is 0 Å².